The van der Waals surface area contributed by atoms with Crippen LogP contribution >= 0.6 is 0 Å². The molecule has 23 heavy (non-hydrogen) atoms. The Bertz CT molecular complexity index is 765. The van der Waals surface area contributed by atoms with Gasteiger partial charge < -0.3 is 5.32 Å². The highest BCUT2D eigenvalue weighted by Gasteiger charge is 2.18. The number of aromatic nitrogens is 3. The van der Waals surface area contributed by atoms with Crippen molar-refractivity contribution in [1.82, 2.24) is 20.5 Å². The minimum Gasteiger partial charge on any atom is -0.351 e. The van der Waals surface area contributed by atoms with Crippen LogP contribution in [0.4, 0.5) is 0 Å². The molecule has 0 radical (unpaired) electrons. The number of fused-ring (bicyclic) bond motifs is 1. The van der Waals surface area contributed by atoms with E-state index in [4.69, 9.17) is 0 Å². The number of carbonyl (C=O) groups is 1. The molecule has 6 nitrogen and oxygen atoms in total. The maximum absolute atomic E-state index is 11.9. The van der Waals surface area contributed by atoms with Crippen molar-refractivity contribution < 1.29 is 4.79 Å². The van der Waals surface area contributed by atoms with Gasteiger partial charge in [-0.3, -0.25) is 14.6 Å². The van der Waals surface area contributed by atoms with Crippen molar-refractivity contribution in [1.29, 1.82) is 0 Å². The highest BCUT2D eigenvalue weighted by atomic mass is 16.1. The lowest BCUT2D eigenvalue weighted by Crippen LogP contribution is -2.24. The van der Waals surface area contributed by atoms with Gasteiger partial charge in [0.25, 0.3) is 11.5 Å². The number of aromatic amines is 1. The monoisotopic (exact) mass is 312 g/mol. The second kappa shape index (κ2) is 6.73. The summed E-state index contributed by atoms with van der Waals surface area (Å²) >= 11 is 0. The number of hydrogen-bond donors (Lipinski definition) is 2. The molecule has 0 unspecified atom stereocenters. The number of hydrogen-bond acceptors (Lipinski definition) is 4. The van der Waals surface area contributed by atoms with Crippen LogP contribution in [0.1, 0.15) is 52.6 Å². The molecule has 1 aliphatic carbocycles. The van der Waals surface area contributed by atoms with Gasteiger partial charge in [-0.2, -0.15) is 5.10 Å². The largest absolute Gasteiger partial charge is 0.351 e. The van der Waals surface area contributed by atoms with Crippen LogP contribution in [-0.4, -0.2) is 27.6 Å². The first kappa shape index (κ1) is 15.4. The Balaban J connectivity index is 1.83. The smallest absolute Gasteiger partial charge is 0.269 e. The summed E-state index contributed by atoms with van der Waals surface area (Å²) in [5.74, 6) is -0.168. The Kier molecular flexibility index (Phi) is 4.50. The second-order valence-corrected chi connectivity index (χ2v) is 5.75. The molecule has 0 aliphatic heterocycles. The quantitative estimate of drug-likeness (QED) is 0.893. The lowest BCUT2D eigenvalue weighted by atomic mass is 9.90. The summed E-state index contributed by atoms with van der Waals surface area (Å²) in [5.41, 5.74) is 4.21. The van der Waals surface area contributed by atoms with Gasteiger partial charge in [-0.15, -0.1) is 0 Å². The van der Waals surface area contributed by atoms with E-state index in [1.165, 1.54) is 0 Å². The van der Waals surface area contributed by atoms with Crippen molar-refractivity contribution >= 4 is 5.91 Å². The van der Waals surface area contributed by atoms with Gasteiger partial charge >= 0.3 is 0 Å². The molecule has 2 aromatic heterocycles. The fourth-order valence-electron chi connectivity index (χ4n) is 2.98. The SMILES string of the molecule is CCNC(=O)c1ccc(Cc2n[nH]c(=O)c3c2CCCC3)cn1. The third-order valence-corrected chi connectivity index (χ3v) is 4.15. The lowest BCUT2D eigenvalue weighted by molar-refractivity contribution is 0.0951. The average Bonchev–Trinajstić information content (AvgIpc) is 2.58. The normalized spacial score (nSPS) is 13.4. The van der Waals surface area contributed by atoms with Gasteiger partial charge in [0.1, 0.15) is 5.69 Å². The number of H-pyrrole nitrogens is 1. The standard InChI is InChI=1S/C17H20N4O2/c1-2-18-17(23)14-8-7-11(10-19-14)9-15-12-5-3-4-6-13(12)16(22)21-20-15/h7-8,10H,2-6,9H2,1H3,(H,18,23)(H,21,22). The molecule has 0 bridgehead atoms. The van der Waals surface area contributed by atoms with Crippen LogP contribution in [0.25, 0.3) is 0 Å². The van der Waals surface area contributed by atoms with E-state index in [1.54, 1.807) is 12.3 Å². The molecule has 2 aromatic rings. The molecule has 2 N–H and O–H groups in total. The Morgan fingerprint density at radius 1 is 1.26 bits per heavy atom. The second-order valence-electron chi connectivity index (χ2n) is 5.75. The van der Waals surface area contributed by atoms with E-state index in [0.29, 0.717) is 18.7 Å². The molecule has 2 heterocycles. The van der Waals surface area contributed by atoms with Crippen molar-refractivity contribution in [3.8, 4) is 0 Å². The third kappa shape index (κ3) is 3.31. The van der Waals surface area contributed by atoms with Crippen molar-refractivity contribution in [3.63, 3.8) is 0 Å². The zero-order valence-corrected chi connectivity index (χ0v) is 13.2. The van der Waals surface area contributed by atoms with Gasteiger partial charge in [0.2, 0.25) is 0 Å². The average molecular weight is 312 g/mol. The first-order chi connectivity index (χ1) is 11.2. The minimum atomic E-state index is -0.168. The molecular formula is C17H20N4O2. The molecule has 0 fully saturated rings. The van der Waals surface area contributed by atoms with Gasteiger partial charge in [0.05, 0.1) is 5.69 Å². The summed E-state index contributed by atoms with van der Waals surface area (Å²) in [6, 6.07) is 3.61. The summed E-state index contributed by atoms with van der Waals surface area (Å²) in [7, 11) is 0. The highest BCUT2D eigenvalue weighted by Crippen LogP contribution is 2.21. The number of amides is 1. The van der Waals surface area contributed by atoms with E-state index in [0.717, 1.165) is 48.1 Å². The van der Waals surface area contributed by atoms with E-state index in [1.807, 2.05) is 13.0 Å². The van der Waals surface area contributed by atoms with Crippen molar-refractivity contribution in [2.24, 2.45) is 0 Å². The van der Waals surface area contributed by atoms with Gasteiger partial charge in [-0.05, 0) is 49.8 Å². The summed E-state index contributed by atoms with van der Waals surface area (Å²) in [5, 5.41) is 9.56. The zero-order valence-electron chi connectivity index (χ0n) is 13.2. The van der Waals surface area contributed by atoms with Gasteiger partial charge in [-0.1, -0.05) is 6.07 Å². The molecule has 1 amide bonds. The van der Waals surface area contributed by atoms with E-state index < -0.39 is 0 Å². The van der Waals surface area contributed by atoms with E-state index in [2.05, 4.69) is 20.5 Å². The van der Waals surface area contributed by atoms with Crippen LogP contribution in [0, 0.1) is 0 Å². The molecule has 3 rings (SSSR count). The first-order valence-corrected chi connectivity index (χ1v) is 8.01. The van der Waals surface area contributed by atoms with Gasteiger partial charge in [-0.25, -0.2) is 5.10 Å². The van der Waals surface area contributed by atoms with Crippen LogP contribution in [0.15, 0.2) is 23.1 Å². The lowest BCUT2D eigenvalue weighted by Gasteiger charge is -2.17. The summed E-state index contributed by atoms with van der Waals surface area (Å²) in [4.78, 5) is 27.8. The summed E-state index contributed by atoms with van der Waals surface area (Å²) in [6.07, 6.45) is 6.21. The van der Waals surface area contributed by atoms with Crippen LogP contribution < -0.4 is 10.9 Å². The predicted octanol–water partition coefficient (Wildman–Crippen LogP) is 1.38. The molecule has 0 atom stereocenters. The maximum atomic E-state index is 11.9. The number of rotatable bonds is 4. The third-order valence-electron chi connectivity index (χ3n) is 4.15. The fourth-order valence-corrected chi connectivity index (χ4v) is 2.98. The zero-order chi connectivity index (χ0) is 16.2. The predicted molar refractivity (Wildman–Crippen MR) is 86.5 cm³/mol. The van der Waals surface area contributed by atoms with E-state index in [-0.39, 0.29) is 11.5 Å². The minimum absolute atomic E-state index is 0.0619. The summed E-state index contributed by atoms with van der Waals surface area (Å²) < 4.78 is 0. The Morgan fingerprint density at radius 3 is 2.74 bits per heavy atom. The van der Waals surface area contributed by atoms with Gasteiger partial charge in [0, 0.05) is 24.7 Å². The molecule has 0 saturated carbocycles. The summed E-state index contributed by atoms with van der Waals surface area (Å²) in [6.45, 7) is 2.45. The van der Waals surface area contributed by atoms with Crippen LogP contribution in [0.3, 0.4) is 0 Å². The topological polar surface area (TPSA) is 87.7 Å². The number of pyridine rings is 1. The number of carbonyl (C=O) groups excluding carboxylic acids is 1. The fraction of sp³-hybridized carbons (Fsp3) is 0.412. The molecule has 1 aliphatic rings. The molecule has 0 saturated heterocycles. The molecule has 0 spiro atoms. The molecule has 0 aromatic carbocycles. The first-order valence-electron chi connectivity index (χ1n) is 8.01. The van der Waals surface area contributed by atoms with Crippen LogP contribution in [0.5, 0.6) is 0 Å². The van der Waals surface area contributed by atoms with Crippen molar-refractivity contribution in [3.05, 3.63) is 56.8 Å². The van der Waals surface area contributed by atoms with Crippen LogP contribution in [-0.2, 0) is 19.3 Å². The van der Waals surface area contributed by atoms with Crippen LogP contribution in [0.2, 0.25) is 0 Å². The van der Waals surface area contributed by atoms with E-state index >= 15 is 0 Å². The molecule has 120 valence electrons. The highest BCUT2D eigenvalue weighted by molar-refractivity contribution is 5.92. The maximum Gasteiger partial charge on any atom is 0.269 e. The van der Waals surface area contributed by atoms with Crippen molar-refractivity contribution in [2.45, 2.75) is 39.0 Å². The Morgan fingerprint density at radius 2 is 2.04 bits per heavy atom. The van der Waals surface area contributed by atoms with Crippen molar-refractivity contribution in [2.75, 3.05) is 6.54 Å². The number of nitrogens with one attached hydrogen (secondary N) is 2. The Hall–Kier alpha value is -2.50. The van der Waals surface area contributed by atoms with E-state index in [9.17, 15) is 9.59 Å². The molecular weight excluding hydrogens is 292 g/mol. The van der Waals surface area contributed by atoms with Gasteiger partial charge in [0.15, 0.2) is 0 Å². The molecule has 6 heteroatoms. The Labute approximate surface area is 134 Å². The number of nitrogens with zero attached hydrogens (tertiary/aromatic N) is 2.